The molecule has 2 heterocycles. The molecule has 7 heteroatoms. The number of hydrogen-bond acceptors (Lipinski definition) is 6. The van der Waals surface area contributed by atoms with Crippen molar-refractivity contribution >= 4 is 11.7 Å². The molecule has 0 bridgehead atoms. The van der Waals surface area contributed by atoms with Crippen LogP contribution >= 0.6 is 0 Å². The summed E-state index contributed by atoms with van der Waals surface area (Å²) < 4.78 is 0. The smallest absolute Gasteiger partial charge is 0.270 e. The third kappa shape index (κ3) is 5.58. The molecule has 0 radical (unpaired) electrons. The highest BCUT2D eigenvalue weighted by molar-refractivity contribution is 5.92. The van der Waals surface area contributed by atoms with Gasteiger partial charge in [0, 0.05) is 44.2 Å². The van der Waals surface area contributed by atoms with Gasteiger partial charge in [0.25, 0.3) is 5.91 Å². The summed E-state index contributed by atoms with van der Waals surface area (Å²) in [5.41, 5.74) is 3.82. The summed E-state index contributed by atoms with van der Waals surface area (Å²) in [6, 6.07) is 10.1. The maximum atomic E-state index is 12.5. The molecule has 0 spiro atoms. The Morgan fingerprint density at radius 3 is 2.78 bits per heavy atom. The molecule has 32 heavy (non-hydrogen) atoms. The molecule has 1 aliphatic carbocycles. The fraction of sp³-hybridized carbons (Fsp3) is 0.520. The fourth-order valence-corrected chi connectivity index (χ4v) is 4.76. The Hall–Kier alpha value is -2.64. The van der Waals surface area contributed by atoms with Crippen LogP contribution in [0.25, 0.3) is 0 Å². The Morgan fingerprint density at radius 1 is 1.22 bits per heavy atom. The third-order valence-corrected chi connectivity index (χ3v) is 6.67. The van der Waals surface area contributed by atoms with Gasteiger partial charge in [-0.15, -0.1) is 0 Å². The van der Waals surface area contributed by atoms with Gasteiger partial charge < -0.3 is 10.4 Å². The van der Waals surface area contributed by atoms with E-state index in [9.17, 15) is 14.7 Å². The summed E-state index contributed by atoms with van der Waals surface area (Å²) in [6.07, 6.45) is 4.93. The average molecular weight is 437 g/mol. The minimum Gasteiger partial charge on any atom is -0.390 e. The minimum absolute atomic E-state index is 0.180. The number of carbonyl (C=O) groups is 2. The van der Waals surface area contributed by atoms with E-state index < -0.39 is 6.10 Å². The van der Waals surface area contributed by atoms with Crippen LogP contribution in [0.4, 0.5) is 0 Å². The van der Waals surface area contributed by atoms with Crippen LogP contribution in [0.5, 0.6) is 0 Å². The number of carbonyl (C=O) groups excluding carboxylic acids is 2. The van der Waals surface area contributed by atoms with Gasteiger partial charge in [0.2, 0.25) is 0 Å². The van der Waals surface area contributed by atoms with Crippen LogP contribution in [0.2, 0.25) is 0 Å². The molecule has 170 valence electrons. The number of hydrogen-bond donors (Lipinski definition) is 2. The maximum Gasteiger partial charge on any atom is 0.270 e. The molecule has 0 saturated heterocycles. The molecule has 1 aliphatic heterocycles. The van der Waals surface area contributed by atoms with E-state index in [-0.39, 0.29) is 18.4 Å². The SMILES string of the molecule is CCC(=O)C1CC(Cc2cc(C(=O)NC[C@H](O)CN3CCc4ccccc4C3)ncn2)C1. The quantitative estimate of drug-likeness (QED) is 0.626. The average Bonchev–Trinajstić information content (AvgIpc) is 2.79. The van der Waals surface area contributed by atoms with Gasteiger partial charge in [-0.2, -0.15) is 0 Å². The van der Waals surface area contributed by atoms with Gasteiger partial charge >= 0.3 is 0 Å². The first-order chi connectivity index (χ1) is 15.5. The van der Waals surface area contributed by atoms with Crippen molar-refractivity contribution in [2.24, 2.45) is 11.8 Å². The van der Waals surface area contributed by atoms with Crippen molar-refractivity contribution in [3.63, 3.8) is 0 Å². The van der Waals surface area contributed by atoms with E-state index in [1.807, 2.05) is 13.0 Å². The molecule has 1 aromatic heterocycles. The standard InChI is InChI=1S/C25H32N4O3/c1-2-24(31)20-9-17(10-20)11-21-12-23(28-16-27-21)25(32)26-13-22(30)15-29-8-7-18-5-3-4-6-19(18)14-29/h3-6,12,16-17,20,22,30H,2,7-11,13-15H2,1H3,(H,26,32)/t17?,20?,22-/m0/s1. The van der Waals surface area contributed by atoms with Crippen molar-refractivity contribution < 1.29 is 14.7 Å². The molecular formula is C25H32N4O3. The highest BCUT2D eigenvalue weighted by Gasteiger charge is 2.33. The number of Topliss-reactive ketones (excluding diaryl/α,β-unsaturated/α-hetero) is 1. The third-order valence-electron chi connectivity index (χ3n) is 6.67. The van der Waals surface area contributed by atoms with Gasteiger partial charge in [-0.3, -0.25) is 14.5 Å². The summed E-state index contributed by atoms with van der Waals surface area (Å²) in [5.74, 6) is 0.683. The molecule has 0 unspecified atom stereocenters. The molecular weight excluding hydrogens is 404 g/mol. The molecule has 1 saturated carbocycles. The van der Waals surface area contributed by atoms with Crippen molar-refractivity contribution in [3.05, 3.63) is 59.2 Å². The van der Waals surface area contributed by atoms with Crippen molar-refractivity contribution in [2.75, 3.05) is 19.6 Å². The molecule has 2 N–H and O–H groups in total. The number of aromatic nitrogens is 2. The summed E-state index contributed by atoms with van der Waals surface area (Å²) >= 11 is 0. The highest BCUT2D eigenvalue weighted by Crippen LogP contribution is 2.37. The van der Waals surface area contributed by atoms with Crippen LogP contribution in [-0.4, -0.2) is 57.4 Å². The van der Waals surface area contributed by atoms with Crippen LogP contribution in [0.15, 0.2) is 36.7 Å². The van der Waals surface area contributed by atoms with E-state index in [2.05, 4.69) is 38.4 Å². The lowest BCUT2D eigenvalue weighted by Crippen LogP contribution is -2.42. The molecule has 4 rings (SSSR count). The number of amides is 1. The molecule has 1 amide bonds. The second-order valence-corrected chi connectivity index (χ2v) is 9.07. The van der Waals surface area contributed by atoms with Crippen molar-refractivity contribution in [3.8, 4) is 0 Å². The molecule has 7 nitrogen and oxygen atoms in total. The number of β-amino-alcohol motifs (C(OH)–C–C–N with tert-alkyl or cyclic N) is 1. The van der Waals surface area contributed by atoms with E-state index in [0.29, 0.717) is 30.4 Å². The van der Waals surface area contributed by atoms with E-state index in [1.54, 1.807) is 6.07 Å². The Bertz CT molecular complexity index is 958. The number of nitrogens with zero attached hydrogens (tertiary/aromatic N) is 3. The molecule has 1 aromatic carbocycles. The van der Waals surface area contributed by atoms with E-state index >= 15 is 0 Å². The van der Waals surface area contributed by atoms with Gasteiger partial charge in [-0.1, -0.05) is 31.2 Å². The summed E-state index contributed by atoms with van der Waals surface area (Å²) in [4.78, 5) is 34.9. The minimum atomic E-state index is -0.645. The van der Waals surface area contributed by atoms with Gasteiger partial charge in [-0.25, -0.2) is 9.97 Å². The molecule has 1 atom stereocenters. The zero-order valence-corrected chi connectivity index (χ0v) is 18.7. The second kappa shape index (κ2) is 10.3. The van der Waals surface area contributed by atoms with Crippen LogP contribution in [0.3, 0.4) is 0 Å². The Kier molecular flexibility index (Phi) is 7.27. The normalized spacial score (nSPS) is 21.3. The first-order valence-corrected chi connectivity index (χ1v) is 11.6. The predicted molar refractivity (Wildman–Crippen MR) is 121 cm³/mol. The Balaban J connectivity index is 1.22. The number of aliphatic hydroxyl groups excluding tert-OH is 1. The van der Waals surface area contributed by atoms with Crippen LogP contribution in [0.1, 0.15) is 53.5 Å². The molecule has 2 aliphatic rings. The lowest BCUT2D eigenvalue weighted by atomic mass is 9.70. The van der Waals surface area contributed by atoms with Gasteiger partial charge in [0.05, 0.1) is 6.10 Å². The number of fused-ring (bicyclic) bond motifs is 1. The molecule has 1 fully saturated rings. The van der Waals surface area contributed by atoms with E-state index in [1.165, 1.54) is 17.5 Å². The monoisotopic (exact) mass is 436 g/mol. The van der Waals surface area contributed by atoms with Gasteiger partial charge in [0.1, 0.15) is 17.8 Å². The first-order valence-electron chi connectivity index (χ1n) is 11.6. The van der Waals surface area contributed by atoms with Crippen molar-refractivity contribution in [2.45, 2.75) is 51.7 Å². The summed E-state index contributed by atoms with van der Waals surface area (Å²) in [5, 5.41) is 13.2. The summed E-state index contributed by atoms with van der Waals surface area (Å²) in [7, 11) is 0. The topological polar surface area (TPSA) is 95.4 Å². The largest absolute Gasteiger partial charge is 0.390 e. The van der Waals surface area contributed by atoms with Crippen molar-refractivity contribution in [1.82, 2.24) is 20.2 Å². The zero-order chi connectivity index (χ0) is 22.5. The number of ketones is 1. The fourth-order valence-electron chi connectivity index (χ4n) is 4.76. The lowest BCUT2D eigenvalue weighted by molar-refractivity contribution is -0.126. The predicted octanol–water partition coefficient (Wildman–Crippen LogP) is 2.17. The van der Waals surface area contributed by atoms with E-state index in [4.69, 9.17) is 0 Å². The first kappa shape index (κ1) is 22.6. The van der Waals surface area contributed by atoms with Crippen LogP contribution in [0, 0.1) is 11.8 Å². The molecule has 2 aromatic rings. The number of benzene rings is 1. The number of rotatable bonds is 9. The maximum absolute atomic E-state index is 12.5. The second-order valence-electron chi connectivity index (χ2n) is 9.07. The van der Waals surface area contributed by atoms with Gasteiger partial charge in [0.15, 0.2) is 0 Å². The zero-order valence-electron chi connectivity index (χ0n) is 18.7. The number of aliphatic hydroxyl groups is 1. The van der Waals surface area contributed by atoms with Gasteiger partial charge in [-0.05, 0) is 48.8 Å². The highest BCUT2D eigenvalue weighted by atomic mass is 16.3. The van der Waals surface area contributed by atoms with Crippen LogP contribution in [-0.2, 0) is 24.2 Å². The summed E-state index contributed by atoms with van der Waals surface area (Å²) in [6.45, 7) is 4.33. The Morgan fingerprint density at radius 2 is 2.00 bits per heavy atom. The number of nitrogens with one attached hydrogen (secondary N) is 1. The van der Waals surface area contributed by atoms with Crippen molar-refractivity contribution in [1.29, 1.82) is 0 Å². The Labute approximate surface area is 189 Å². The van der Waals surface area contributed by atoms with Crippen LogP contribution < -0.4 is 5.32 Å². The van der Waals surface area contributed by atoms with E-state index in [0.717, 1.165) is 44.5 Å². The lowest BCUT2D eigenvalue weighted by Gasteiger charge is -2.34.